The summed E-state index contributed by atoms with van der Waals surface area (Å²) in [5, 5.41) is 9.00. The second-order valence-corrected chi connectivity index (χ2v) is 8.57. The number of hydrogen-bond donors (Lipinski definition) is 1. The maximum atomic E-state index is 9.00. The van der Waals surface area contributed by atoms with Gasteiger partial charge in [-0.25, -0.2) is 0 Å². The van der Waals surface area contributed by atoms with Gasteiger partial charge in [0.15, 0.2) is 0 Å². The molecule has 2 aliphatic heterocycles. The van der Waals surface area contributed by atoms with Crippen molar-refractivity contribution in [3.05, 3.63) is 58.7 Å². The van der Waals surface area contributed by atoms with Crippen LogP contribution in [0.1, 0.15) is 49.9 Å². The van der Waals surface area contributed by atoms with Crippen LogP contribution in [0.4, 0.5) is 0 Å². The molecule has 0 saturated heterocycles. The Kier molecular flexibility index (Phi) is 5.23. The molecular formula is C22H27ClO3. The fraction of sp³-hybridized carbons (Fsp3) is 0.455. The molecule has 0 bridgehead atoms. The van der Waals surface area contributed by atoms with Crippen LogP contribution in [-0.2, 0) is 23.3 Å². The molecule has 0 spiro atoms. The van der Waals surface area contributed by atoms with Crippen molar-refractivity contribution in [2.75, 3.05) is 13.2 Å². The van der Waals surface area contributed by atoms with Gasteiger partial charge in [-0.2, -0.15) is 0 Å². The summed E-state index contributed by atoms with van der Waals surface area (Å²) in [5.41, 5.74) is 4.83. The summed E-state index contributed by atoms with van der Waals surface area (Å²) in [4.78, 5) is 0. The summed E-state index contributed by atoms with van der Waals surface area (Å²) in [6.45, 7) is 10.3. The first-order valence-corrected chi connectivity index (χ1v) is 9.49. The van der Waals surface area contributed by atoms with Gasteiger partial charge in [0.05, 0.1) is 19.8 Å². The Morgan fingerprint density at radius 1 is 0.846 bits per heavy atom. The fourth-order valence-corrected chi connectivity index (χ4v) is 3.48. The summed E-state index contributed by atoms with van der Waals surface area (Å²) in [7, 11) is 0. The van der Waals surface area contributed by atoms with E-state index in [1.54, 1.807) is 0 Å². The van der Waals surface area contributed by atoms with Crippen molar-refractivity contribution in [2.45, 2.75) is 51.0 Å². The van der Waals surface area contributed by atoms with Crippen LogP contribution in [0.5, 0.6) is 11.5 Å². The van der Waals surface area contributed by atoms with Crippen molar-refractivity contribution in [2.24, 2.45) is 0 Å². The quantitative estimate of drug-likeness (QED) is 0.756. The lowest BCUT2D eigenvalue weighted by molar-refractivity contribution is 0.281. The second kappa shape index (κ2) is 7.13. The molecule has 2 aromatic rings. The number of hydrogen-bond acceptors (Lipinski definition) is 3. The summed E-state index contributed by atoms with van der Waals surface area (Å²) >= 11 is 5.78. The first kappa shape index (κ1) is 19.1. The minimum Gasteiger partial charge on any atom is -0.492 e. The minimum absolute atomic E-state index is 0.0838. The third-order valence-corrected chi connectivity index (χ3v) is 5.37. The third kappa shape index (κ3) is 3.70. The summed E-state index contributed by atoms with van der Waals surface area (Å²) in [6, 6.07) is 12.1. The van der Waals surface area contributed by atoms with Gasteiger partial charge < -0.3 is 14.6 Å². The van der Waals surface area contributed by atoms with Crippen molar-refractivity contribution in [3.63, 3.8) is 0 Å². The van der Waals surface area contributed by atoms with Crippen molar-refractivity contribution >= 4 is 11.6 Å². The molecule has 0 fully saturated rings. The fourth-order valence-electron chi connectivity index (χ4n) is 3.32. The van der Waals surface area contributed by atoms with Gasteiger partial charge in [0.25, 0.3) is 0 Å². The van der Waals surface area contributed by atoms with Gasteiger partial charge >= 0.3 is 0 Å². The molecule has 0 atom stereocenters. The molecule has 4 rings (SSSR count). The molecule has 0 aromatic heterocycles. The number of aliphatic hydroxyl groups is 1. The van der Waals surface area contributed by atoms with Crippen molar-refractivity contribution in [1.29, 1.82) is 0 Å². The largest absolute Gasteiger partial charge is 0.492 e. The van der Waals surface area contributed by atoms with E-state index in [1.807, 2.05) is 30.3 Å². The van der Waals surface area contributed by atoms with E-state index in [4.69, 9.17) is 26.2 Å². The number of aliphatic hydroxyl groups excluding tert-OH is 1. The van der Waals surface area contributed by atoms with Crippen LogP contribution in [0.25, 0.3) is 0 Å². The molecule has 2 aliphatic rings. The van der Waals surface area contributed by atoms with Crippen molar-refractivity contribution in [1.82, 2.24) is 0 Å². The molecular weight excluding hydrogens is 348 g/mol. The zero-order valence-electron chi connectivity index (χ0n) is 15.9. The molecule has 2 aromatic carbocycles. The van der Waals surface area contributed by atoms with Crippen molar-refractivity contribution < 1.29 is 14.6 Å². The highest BCUT2D eigenvalue weighted by molar-refractivity contribution is 6.17. The van der Waals surface area contributed by atoms with E-state index in [-0.39, 0.29) is 17.4 Å². The average molecular weight is 375 g/mol. The molecule has 0 aliphatic carbocycles. The smallest absolute Gasteiger partial charge is 0.123 e. The van der Waals surface area contributed by atoms with Gasteiger partial charge in [0.2, 0.25) is 0 Å². The van der Waals surface area contributed by atoms with Gasteiger partial charge in [-0.05, 0) is 29.3 Å². The van der Waals surface area contributed by atoms with Crippen molar-refractivity contribution in [3.8, 4) is 11.5 Å². The van der Waals surface area contributed by atoms with E-state index in [9.17, 15) is 0 Å². The third-order valence-electron chi connectivity index (χ3n) is 5.06. The van der Waals surface area contributed by atoms with Crippen LogP contribution in [0, 0.1) is 0 Å². The first-order chi connectivity index (χ1) is 12.3. The van der Waals surface area contributed by atoms with E-state index in [0.29, 0.717) is 5.88 Å². The lowest BCUT2D eigenvalue weighted by Gasteiger charge is -2.15. The summed E-state index contributed by atoms with van der Waals surface area (Å²) in [5.74, 6) is 2.55. The predicted octanol–water partition coefficient (Wildman–Crippen LogP) is 4.94. The minimum atomic E-state index is 0.0838. The van der Waals surface area contributed by atoms with Gasteiger partial charge in [0.1, 0.15) is 11.5 Å². The van der Waals surface area contributed by atoms with Crippen LogP contribution in [0.3, 0.4) is 0 Å². The molecule has 0 saturated carbocycles. The number of rotatable bonds is 2. The van der Waals surface area contributed by atoms with Gasteiger partial charge in [-0.1, -0.05) is 45.9 Å². The van der Waals surface area contributed by atoms with E-state index in [2.05, 4.69) is 33.8 Å². The van der Waals surface area contributed by atoms with Crippen LogP contribution in [0.15, 0.2) is 36.4 Å². The molecule has 2 heterocycles. The highest BCUT2D eigenvalue weighted by Gasteiger charge is 2.32. The monoisotopic (exact) mass is 374 g/mol. The topological polar surface area (TPSA) is 38.7 Å². The number of ether oxygens (including phenoxy) is 2. The van der Waals surface area contributed by atoms with E-state index in [1.165, 1.54) is 16.7 Å². The van der Waals surface area contributed by atoms with E-state index in [0.717, 1.165) is 30.3 Å². The van der Waals surface area contributed by atoms with Crippen LogP contribution < -0.4 is 9.47 Å². The molecule has 4 heteroatoms. The summed E-state index contributed by atoms with van der Waals surface area (Å²) < 4.78 is 11.1. The van der Waals surface area contributed by atoms with Gasteiger partial charge in [-0.15, -0.1) is 11.6 Å². The SMILES string of the molecule is CC1(C)COc2ccc(CCl)cc21.CC1(C)COc2ccc(CO)cc21. The Hall–Kier alpha value is -1.71. The zero-order chi connectivity index (χ0) is 18.9. The second-order valence-electron chi connectivity index (χ2n) is 8.30. The Balaban J connectivity index is 0.000000151. The predicted molar refractivity (Wildman–Crippen MR) is 105 cm³/mol. The lowest BCUT2D eigenvalue weighted by atomic mass is 9.86. The average Bonchev–Trinajstić information content (AvgIpc) is 3.11. The first-order valence-electron chi connectivity index (χ1n) is 8.96. The van der Waals surface area contributed by atoms with Crippen LogP contribution in [0.2, 0.25) is 0 Å². The van der Waals surface area contributed by atoms with Crippen LogP contribution >= 0.6 is 11.6 Å². The lowest BCUT2D eigenvalue weighted by Crippen LogP contribution is -2.18. The molecule has 0 amide bonds. The highest BCUT2D eigenvalue weighted by Crippen LogP contribution is 2.39. The molecule has 26 heavy (non-hydrogen) atoms. The molecule has 3 nitrogen and oxygen atoms in total. The molecule has 0 radical (unpaired) electrons. The Morgan fingerprint density at radius 2 is 1.31 bits per heavy atom. The van der Waals surface area contributed by atoms with E-state index >= 15 is 0 Å². The van der Waals surface area contributed by atoms with Gasteiger partial charge in [-0.3, -0.25) is 0 Å². The van der Waals surface area contributed by atoms with Crippen LogP contribution in [-0.4, -0.2) is 18.3 Å². The molecule has 0 unspecified atom stereocenters. The standard InChI is InChI=1S/C11H13ClO.C11H14O2/c2*1-11(2)7-13-10-4-3-8(6-12)5-9(10)11/h3-5H,6-7H2,1-2H3;3-5,12H,6-7H2,1-2H3. The number of alkyl halides is 1. The Bertz CT molecular complexity index is 728. The number of halogens is 1. The summed E-state index contributed by atoms with van der Waals surface area (Å²) in [6.07, 6.45) is 0. The van der Waals surface area contributed by atoms with E-state index < -0.39 is 0 Å². The highest BCUT2D eigenvalue weighted by atomic mass is 35.5. The maximum Gasteiger partial charge on any atom is 0.123 e. The van der Waals surface area contributed by atoms with Gasteiger partial charge in [0, 0.05) is 27.8 Å². The zero-order valence-corrected chi connectivity index (χ0v) is 16.7. The number of benzene rings is 2. The Morgan fingerprint density at radius 3 is 1.77 bits per heavy atom. The molecule has 140 valence electrons. The maximum absolute atomic E-state index is 9.00. The Labute approximate surface area is 160 Å². The molecule has 1 N–H and O–H groups in total. The normalized spacial score (nSPS) is 18.1. The number of fused-ring (bicyclic) bond motifs is 2.